The summed E-state index contributed by atoms with van der Waals surface area (Å²) in [6.07, 6.45) is 6.47. The summed E-state index contributed by atoms with van der Waals surface area (Å²) in [5, 5.41) is 7.41. The Hall–Kier alpha value is -2.77. The number of rotatable bonds is 12. The summed E-state index contributed by atoms with van der Waals surface area (Å²) in [5.41, 5.74) is 1.28. The van der Waals surface area contributed by atoms with Crippen LogP contribution in [0.4, 0.5) is 5.13 Å². The fourth-order valence-corrected chi connectivity index (χ4v) is 6.94. The second-order valence-corrected chi connectivity index (χ2v) is 13.5. The Balaban J connectivity index is 1.31. The number of hydrogen-bond donors (Lipinski definition) is 3. The molecular formula is C27H35N5O5S2. The standard InChI is InChI=1S/C27H35N5O5S2/c1-32(2)16-5-17-36-23-15-14-22-26(29-23)38-27(28-22)30-25(33)24(31-37-19-6-3-4-7-19)18-8-10-20(11-9-18)39(34,35)21-12-13-21/h8-11,14-15,19,21,34-35H,3-7,12-13,16-17H2,1-2H3,(H,28,30,33)/b31-24+. The Bertz CT molecular complexity index is 1320. The third-order valence-corrected chi connectivity index (χ3v) is 9.97. The Morgan fingerprint density at radius 3 is 2.54 bits per heavy atom. The first-order valence-corrected chi connectivity index (χ1v) is 15.7. The molecule has 2 heterocycles. The minimum atomic E-state index is -2.83. The van der Waals surface area contributed by atoms with Gasteiger partial charge in [-0.15, -0.1) is 0 Å². The van der Waals surface area contributed by atoms with Gasteiger partial charge in [0.1, 0.15) is 16.5 Å². The minimum absolute atomic E-state index is 0.0169. The second-order valence-electron chi connectivity index (χ2n) is 10.2. The van der Waals surface area contributed by atoms with Crippen molar-refractivity contribution in [2.24, 2.45) is 5.16 Å². The number of carbonyl (C=O) groups excluding carboxylic acids is 1. The number of benzene rings is 1. The Labute approximate surface area is 233 Å². The lowest BCUT2D eigenvalue weighted by atomic mass is 10.1. The van der Waals surface area contributed by atoms with Gasteiger partial charge in [0.2, 0.25) is 5.88 Å². The average molecular weight is 574 g/mol. The van der Waals surface area contributed by atoms with Crippen LogP contribution in [0.2, 0.25) is 0 Å². The van der Waals surface area contributed by atoms with Gasteiger partial charge >= 0.3 is 0 Å². The first-order valence-electron chi connectivity index (χ1n) is 13.3. The number of amides is 1. The number of ether oxygens (including phenoxy) is 1. The maximum absolute atomic E-state index is 13.4. The van der Waals surface area contributed by atoms with Gasteiger partial charge in [0.15, 0.2) is 10.8 Å². The summed E-state index contributed by atoms with van der Waals surface area (Å²) in [6, 6.07) is 10.3. The van der Waals surface area contributed by atoms with Crippen LogP contribution in [-0.2, 0) is 9.63 Å². The van der Waals surface area contributed by atoms with Gasteiger partial charge in [-0.1, -0.05) is 28.6 Å². The number of carbonyl (C=O) groups is 1. The van der Waals surface area contributed by atoms with Crippen LogP contribution in [0, 0.1) is 0 Å². The zero-order valence-corrected chi connectivity index (χ0v) is 23.8. The van der Waals surface area contributed by atoms with E-state index in [2.05, 4.69) is 25.3 Å². The van der Waals surface area contributed by atoms with E-state index in [-0.39, 0.29) is 17.1 Å². The maximum atomic E-state index is 13.4. The van der Waals surface area contributed by atoms with E-state index in [1.807, 2.05) is 20.2 Å². The van der Waals surface area contributed by atoms with Crippen LogP contribution < -0.4 is 10.1 Å². The van der Waals surface area contributed by atoms with Crippen molar-refractivity contribution < 1.29 is 23.5 Å². The quantitative estimate of drug-likeness (QED) is 0.145. The fourth-order valence-electron chi connectivity index (χ4n) is 4.40. The highest BCUT2D eigenvalue weighted by Crippen LogP contribution is 2.61. The third kappa shape index (κ3) is 7.06. The van der Waals surface area contributed by atoms with E-state index in [0.29, 0.717) is 38.4 Å². The second kappa shape index (κ2) is 12.2. The smallest absolute Gasteiger partial charge is 0.280 e. The normalized spacial score (nSPS) is 17.1. The number of fused-ring (bicyclic) bond motifs is 1. The number of nitrogens with zero attached hydrogens (tertiary/aromatic N) is 4. The first-order chi connectivity index (χ1) is 18.8. The molecular weight excluding hydrogens is 538 g/mol. The van der Waals surface area contributed by atoms with Crippen molar-refractivity contribution >= 4 is 49.0 Å². The van der Waals surface area contributed by atoms with Crippen LogP contribution in [-0.4, -0.2) is 74.2 Å². The number of nitrogens with one attached hydrogen (secondary N) is 1. The average Bonchev–Trinajstić information content (AvgIpc) is 3.52. The topological polar surface area (TPSA) is 129 Å². The van der Waals surface area contributed by atoms with Crippen molar-refractivity contribution in [1.29, 1.82) is 0 Å². The Morgan fingerprint density at radius 2 is 1.85 bits per heavy atom. The molecule has 5 rings (SSSR count). The van der Waals surface area contributed by atoms with Crippen molar-refractivity contribution in [3.63, 3.8) is 0 Å². The van der Waals surface area contributed by atoms with Crippen molar-refractivity contribution in [3.05, 3.63) is 42.0 Å². The molecule has 0 saturated heterocycles. The fraction of sp³-hybridized carbons (Fsp3) is 0.481. The summed E-state index contributed by atoms with van der Waals surface area (Å²) < 4.78 is 26.9. The van der Waals surface area contributed by atoms with E-state index >= 15 is 0 Å². The van der Waals surface area contributed by atoms with Crippen LogP contribution in [0.25, 0.3) is 10.3 Å². The van der Waals surface area contributed by atoms with Crippen LogP contribution in [0.15, 0.2) is 46.4 Å². The number of anilines is 1. The SMILES string of the molecule is CN(C)CCCOc1ccc2nc(NC(=O)/C(=N/OC3CCCC3)c3ccc(S(O)(O)C4CC4)cc3)sc2n1. The molecule has 2 aromatic heterocycles. The largest absolute Gasteiger partial charge is 0.478 e. The molecule has 0 unspecified atom stereocenters. The number of aromatic nitrogens is 2. The Kier molecular flexibility index (Phi) is 8.67. The summed E-state index contributed by atoms with van der Waals surface area (Å²) in [4.78, 5) is 31.4. The molecule has 2 aliphatic rings. The maximum Gasteiger partial charge on any atom is 0.280 e. The van der Waals surface area contributed by atoms with Gasteiger partial charge in [-0.2, -0.15) is 10.6 Å². The van der Waals surface area contributed by atoms with Crippen LogP contribution >= 0.6 is 21.9 Å². The molecule has 2 fully saturated rings. The van der Waals surface area contributed by atoms with Crippen LogP contribution in [0.3, 0.4) is 0 Å². The molecule has 1 amide bonds. The molecule has 39 heavy (non-hydrogen) atoms. The number of oxime groups is 1. The molecule has 3 aromatic rings. The molecule has 12 heteroatoms. The van der Waals surface area contributed by atoms with Gasteiger partial charge in [0.05, 0.1) is 16.8 Å². The first kappa shape index (κ1) is 27.8. The molecule has 0 atom stereocenters. The molecule has 3 N–H and O–H groups in total. The highest BCUT2D eigenvalue weighted by atomic mass is 32.3. The van der Waals surface area contributed by atoms with E-state index in [4.69, 9.17) is 9.57 Å². The highest BCUT2D eigenvalue weighted by Gasteiger charge is 2.37. The van der Waals surface area contributed by atoms with Crippen molar-refractivity contribution in [2.45, 2.75) is 61.2 Å². The van der Waals surface area contributed by atoms with Crippen LogP contribution in [0.5, 0.6) is 5.88 Å². The zero-order valence-electron chi connectivity index (χ0n) is 22.2. The molecule has 2 aliphatic carbocycles. The summed E-state index contributed by atoms with van der Waals surface area (Å²) in [6.45, 7) is 1.49. The van der Waals surface area contributed by atoms with E-state index < -0.39 is 16.5 Å². The van der Waals surface area contributed by atoms with Gasteiger partial charge in [0.25, 0.3) is 5.91 Å². The molecule has 10 nitrogen and oxygen atoms in total. The molecule has 0 spiro atoms. The van der Waals surface area contributed by atoms with E-state index in [9.17, 15) is 13.9 Å². The van der Waals surface area contributed by atoms with E-state index in [1.165, 1.54) is 11.3 Å². The predicted molar refractivity (Wildman–Crippen MR) is 155 cm³/mol. The molecule has 210 valence electrons. The summed E-state index contributed by atoms with van der Waals surface area (Å²) in [5.74, 6) is 0.0565. The van der Waals surface area contributed by atoms with Gasteiger partial charge in [-0.3, -0.25) is 19.2 Å². The van der Waals surface area contributed by atoms with Crippen molar-refractivity contribution in [2.75, 3.05) is 32.6 Å². The lowest BCUT2D eigenvalue weighted by Crippen LogP contribution is -2.25. The lowest BCUT2D eigenvalue weighted by molar-refractivity contribution is -0.110. The lowest BCUT2D eigenvalue weighted by Gasteiger charge is -2.32. The molecule has 1 aromatic carbocycles. The van der Waals surface area contributed by atoms with Gasteiger partial charge < -0.3 is 14.5 Å². The summed E-state index contributed by atoms with van der Waals surface area (Å²) >= 11 is 1.25. The minimum Gasteiger partial charge on any atom is -0.478 e. The van der Waals surface area contributed by atoms with Crippen molar-refractivity contribution in [3.8, 4) is 5.88 Å². The van der Waals surface area contributed by atoms with Gasteiger partial charge in [-0.25, -0.2) is 9.97 Å². The monoisotopic (exact) mass is 573 g/mol. The van der Waals surface area contributed by atoms with Crippen molar-refractivity contribution in [1.82, 2.24) is 14.9 Å². The number of pyridine rings is 1. The Morgan fingerprint density at radius 1 is 1.10 bits per heavy atom. The molecule has 0 aliphatic heterocycles. The predicted octanol–water partition coefficient (Wildman–Crippen LogP) is 5.60. The zero-order chi connectivity index (χ0) is 27.4. The third-order valence-electron chi connectivity index (χ3n) is 6.72. The van der Waals surface area contributed by atoms with E-state index in [1.54, 1.807) is 30.3 Å². The van der Waals surface area contributed by atoms with Gasteiger partial charge in [-0.05, 0) is 77.2 Å². The van der Waals surface area contributed by atoms with Gasteiger partial charge in [0, 0.05) is 18.2 Å². The number of hydrogen-bond acceptors (Lipinski definition) is 10. The highest BCUT2D eigenvalue weighted by molar-refractivity contribution is 8.25. The van der Waals surface area contributed by atoms with Crippen LogP contribution in [0.1, 0.15) is 50.5 Å². The molecule has 2 saturated carbocycles. The number of thiazole rings is 1. The summed E-state index contributed by atoms with van der Waals surface area (Å²) in [7, 11) is 1.21. The molecule has 0 radical (unpaired) electrons. The van der Waals surface area contributed by atoms with E-state index in [0.717, 1.165) is 51.5 Å². The molecule has 0 bridgehead atoms.